The van der Waals surface area contributed by atoms with Crippen LogP contribution in [0, 0.1) is 11.6 Å². The molecule has 0 amide bonds. The van der Waals surface area contributed by atoms with Gasteiger partial charge in [-0.3, -0.25) is 4.79 Å². The molecule has 17 heavy (non-hydrogen) atoms. The van der Waals surface area contributed by atoms with Gasteiger partial charge in [-0.1, -0.05) is 12.5 Å². The van der Waals surface area contributed by atoms with Gasteiger partial charge in [0.25, 0.3) is 0 Å². The third kappa shape index (κ3) is 4.48. The standard InChI is InChI=1S/C12H15F2NO2/c13-9-6-5-8(7-10(9)14)11(15)3-1-2-4-12(16)17/h5-7,11H,1-4,15H2,(H,16,17). The summed E-state index contributed by atoms with van der Waals surface area (Å²) >= 11 is 0. The van der Waals surface area contributed by atoms with Crippen LogP contribution in [0.2, 0.25) is 0 Å². The first-order chi connectivity index (χ1) is 8.00. The van der Waals surface area contributed by atoms with Gasteiger partial charge in [-0.25, -0.2) is 8.78 Å². The van der Waals surface area contributed by atoms with Crippen molar-refractivity contribution >= 4 is 5.97 Å². The molecule has 0 aromatic heterocycles. The Hall–Kier alpha value is -1.49. The minimum absolute atomic E-state index is 0.102. The van der Waals surface area contributed by atoms with Gasteiger partial charge in [0.05, 0.1) is 0 Å². The van der Waals surface area contributed by atoms with E-state index in [9.17, 15) is 13.6 Å². The number of hydrogen-bond acceptors (Lipinski definition) is 2. The Balaban J connectivity index is 2.44. The lowest BCUT2D eigenvalue weighted by Gasteiger charge is -2.11. The molecule has 3 nitrogen and oxygen atoms in total. The number of benzene rings is 1. The van der Waals surface area contributed by atoms with Crippen molar-refractivity contribution in [1.82, 2.24) is 0 Å². The van der Waals surface area contributed by atoms with E-state index in [0.717, 1.165) is 12.1 Å². The summed E-state index contributed by atoms with van der Waals surface area (Å²) in [5.74, 6) is -2.65. The summed E-state index contributed by atoms with van der Waals surface area (Å²) in [6.07, 6.45) is 1.84. The molecule has 0 fully saturated rings. The highest BCUT2D eigenvalue weighted by molar-refractivity contribution is 5.66. The zero-order chi connectivity index (χ0) is 12.8. The minimum atomic E-state index is -0.913. The third-order valence-corrected chi connectivity index (χ3v) is 2.53. The fraction of sp³-hybridized carbons (Fsp3) is 0.417. The first-order valence-electron chi connectivity index (χ1n) is 5.43. The van der Waals surface area contributed by atoms with E-state index >= 15 is 0 Å². The maximum absolute atomic E-state index is 12.9. The molecule has 1 unspecified atom stereocenters. The summed E-state index contributed by atoms with van der Waals surface area (Å²) in [4.78, 5) is 10.3. The number of carbonyl (C=O) groups is 1. The Morgan fingerprint density at radius 3 is 2.59 bits per heavy atom. The second kappa shape index (κ2) is 6.30. The zero-order valence-electron chi connectivity index (χ0n) is 9.33. The molecule has 3 N–H and O–H groups in total. The molecule has 0 saturated heterocycles. The number of nitrogens with two attached hydrogens (primary N) is 1. The maximum Gasteiger partial charge on any atom is 0.303 e. The van der Waals surface area contributed by atoms with Gasteiger partial charge in [-0.15, -0.1) is 0 Å². The molecule has 5 heteroatoms. The Morgan fingerprint density at radius 2 is 2.00 bits per heavy atom. The zero-order valence-corrected chi connectivity index (χ0v) is 9.33. The molecule has 1 aromatic rings. The van der Waals surface area contributed by atoms with E-state index in [2.05, 4.69) is 0 Å². The summed E-state index contributed by atoms with van der Waals surface area (Å²) in [6.45, 7) is 0. The Labute approximate surface area is 98.2 Å². The van der Waals surface area contributed by atoms with Crippen LogP contribution in [-0.2, 0) is 4.79 Å². The Kier molecular flexibility index (Phi) is 5.03. The highest BCUT2D eigenvalue weighted by Crippen LogP contribution is 2.19. The molecule has 94 valence electrons. The average Bonchev–Trinajstić information content (AvgIpc) is 2.27. The normalized spacial score (nSPS) is 12.4. The topological polar surface area (TPSA) is 63.3 Å². The van der Waals surface area contributed by atoms with E-state index in [1.54, 1.807) is 0 Å². The summed E-state index contributed by atoms with van der Waals surface area (Å²) in [6, 6.07) is 3.18. The van der Waals surface area contributed by atoms with Crippen molar-refractivity contribution in [3.05, 3.63) is 35.4 Å². The minimum Gasteiger partial charge on any atom is -0.481 e. The quantitative estimate of drug-likeness (QED) is 0.755. The van der Waals surface area contributed by atoms with Crippen LogP contribution in [0.15, 0.2) is 18.2 Å². The van der Waals surface area contributed by atoms with Crippen molar-refractivity contribution < 1.29 is 18.7 Å². The van der Waals surface area contributed by atoms with Crippen LogP contribution in [0.1, 0.15) is 37.3 Å². The van der Waals surface area contributed by atoms with Crippen molar-refractivity contribution in [2.75, 3.05) is 0 Å². The van der Waals surface area contributed by atoms with Crippen LogP contribution in [0.3, 0.4) is 0 Å². The molecule has 0 aliphatic rings. The van der Waals surface area contributed by atoms with Gasteiger partial charge in [-0.05, 0) is 30.5 Å². The number of rotatable bonds is 6. The van der Waals surface area contributed by atoms with Crippen LogP contribution in [-0.4, -0.2) is 11.1 Å². The summed E-state index contributed by atoms with van der Waals surface area (Å²) in [7, 11) is 0. The molecule has 0 bridgehead atoms. The van der Waals surface area contributed by atoms with E-state index in [1.807, 2.05) is 0 Å². The van der Waals surface area contributed by atoms with Gasteiger partial charge in [0, 0.05) is 12.5 Å². The molecule has 0 heterocycles. The van der Waals surface area contributed by atoms with Crippen LogP contribution in [0.5, 0.6) is 0 Å². The highest BCUT2D eigenvalue weighted by Gasteiger charge is 2.09. The number of aliphatic carboxylic acids is 1. The summed E-state index contributed by atoms with van der Waals surface area (Å²) in [5, 5.41) is 8.44. The molecule has 1 rings (SSSR count). The monoisotopic (exact) mass is 243 g/mol. The smallest absolute Gasteiger partial charge is 0.303 e. The van der Waals surface area contributed by atoms with Gasteiger partial charge < -0.3 is 10.8 Å². The second-order valence-electron chi connectivity index (χ2n) is 3.92. The number of halogens is 2. The Morgan fingerprint density at radius 1 is 1.29 bits per heavy atom. The SMILES string of the molecule is NC(CCCCC(=O)O)c1ccc(F)c(F)c1. The summed E-state index contributed by atoms with van der Waals surface area (Å²) < 4.78 is 25.6. The first-order valence-corrected chi connectivity index (χ1v) is 5.43. The van der Waals surface area contributed by atoms with Crippen molar-refractivity contribution in [2.45, 2.75) is 31.7 Å². The van der Waals surface area contributed by atoms with Gasteiger partial charge in [0.1, 0.15) is 0 Å². The van der Waals surface area contributed by atoms with Crippen LogP contribution < -0.4 is 5.73 Å². The number of carboxylic acids is 1. The van der Waals surface area contributed by atoms with Gasteiger partial charge in [0.2, 0.25) is 0 Å². The predicted molar refractivity (Wildman–Crippen MR) is 59.4 cm³/mol. The molecule has 0 saturated carbocycles. The van der Waals surface area contributed by atoms with Crippen molar-refractivity contribution in [1.29, 1.82) is 0 Å². The van der Waals surface area contributed by atoms with Gasteiger partial charge in [0.15, 0.2) is 11.6 Å². The van der Waals surface area contributed by atoms with Gasteiger partial charge >= 0.3 is 5.97 Å². The number of carboxylic acid groups (broad SMARTS) is 1. The third-order valence-electron chi connectivity index (χ3n) is 2.53. The molecule has 0 aliphatic carbocycles. The van der Waals surface area contributed by atoms with Crippen molar-refractivity contribution in [3.63, 3.8) is 0 Å². The molecule has 0 spiro atoms. The Bertz CT molecular complexity index is 396. The fourth-order valence-electron chi connectivity index (χ4n) is 1.55. The van der Waals surface area contributed by atoms with Crippen LogP contribution in [0.25, 0.3) is 0 Å². The van der Waals surface area contributed by atoms with Gasteiger partial charge in [-0.2, -0.15) is 0 Å². The van der Waals surface area contributed by atoms with E-state index in [0.29, 0.717) is 24.8 Å². The van der Waals surface area contributed by atoms with Crippen LogP contribution in [0.4, 0.5) is 8.78 Å². The molecule has 1 aromatic carbocycles. The first kappa shape index (κ1) is 13.6. The van der Waals surface area contributed by atoms with Crippen molar-refractivity contribution in [3.8, 4) is 0 Å². The largest absolute Gasteiger partial charge is 0.481 e. The van der Waals surface area contributed by atoms with E-state index in [4.69, 9.17) is 10.8 Å². The fourth-order valence-corrected chi connectivity index (χ4v) is 1.55. The van der Waals surface area contributed by atoms with E-state index in [-0.39, 0.29) is 12.5 Å². The molecular formula is C12H15F2NO2. The van der Waals surface area contributed by atoms with Crippen LogP contribution >= 0.6 is 0 Å². The molecule has 1 atom stereocenters. The number of unbranched alkanes of at least 4 members (excludes halogenated alkanes) is 1. The molecular weight excluding hydrogens is 228 g/mol. The second-order valence-corrected chi connectivity index (χ2v) is 3.92. The lowest BCUT2D eigenvalue weighted by Crippen LogP contribution is -2.11. The molecule has 0 aliphatic heterocycles. The highest BCUT2D eigenvalue weighted by atomic mass is 19.2. The summed E-state index contributed by atoms with van der Waals surface area (Å²) in [5.41, 5.74) is 6.32. The lowest BCUT2D eigenvalue weighted by molar-refractivity contribution is -0.137. The lowest BCUT2D eigenvalue weighted by atomic mass is 10.0. The molecule has 0 radical (unpaired) electrons. The van der Waals surface area contributed by atoms with E-state index in [1.165, 1.54) is 6.07 Å². The maximum atomic E-state index is 12.9. The predicted octanol–water partition coefficient (Wildman–Crippen LogP) is 2.61. The average molecular weight is 243 g/mol. The number of hydrogen-bond donors (Lipinski definition) is 2. The van der Waals surface area contributed by atoms with Crippen molar-refractivity contribution in [2.24, 2.45) is 5.73 Å². The van der Waals surface area contributed by atoms with E-state index < -0.39 is 17.6 Å².